The number of rotatable bonds is 4. The summed E-state index contributed by atoms with van der Waals surface area (Å²) in [7, 11) is 0. The number of fused-ring (bicyclic) bond motifs is 1. The van der Waals surface area contributed by atoms with Gasteiger partial charge in [-0.15, -0.1) is 11.3 Å². The van der Waals surface area contributed by atoms with Crippen LogP contribution in [0.15, 0.2) is 23.7 Å². The molecule has 0 atom stereocenters. The summed E-state index contributed by atoms with van der Waals surface area (Å²) in [4.78, 5) is 4.44. The van der Waals surface area contributed by atoms with E-state index in [2.05, 4.69) is 27.8 Å². The lowest BCUT2D eigenvalue weighted by Gasteiger charge is -2.25. The summed E-state index contributed by atoms with van der Waals surface area (Å²) in [6, 6.07) is 4.33. The highest BCUT2D eigenvalue weighted by Crippen LogP contribution is 2.25. The Labute approximate surface area is 99.7 Å². The molecule has 1 fully saturated rings. The van der Waals surface area contributed by atoms with Crippen LogP contribution < -0.4 is 5.32 Å². The zero-order chi connectivity index (χ0) is 10.8. The molecule has 1 N–H and O–H groups in total. The first-order valence-corrected chi connectivity index (χ1v) is 6.82. The van der Waals surface area contributed by atoms with Gasteiger partial charge in [0.2, 0.25) is 0 Å². The number of hydrogen-bond donors (Lipinski definition) is 1. The van der Waals surface area contributed by atoms with Crippen molar-refractivity contribution in [1.29, 1.82) is 0 Å². The molecule has 0 saturated heterocycles. The van der Waals surface area contributed by atoms with Crippen molar-refractivity contribution in [3.8, 4) is 0 Å². The SMILES string of the molecule is c1cc2ncc(CNCC3CCC3)cc2s1. The van der Waals surface area contributed by atoms with Crippen molar-refractivity contribution in [2.24, 2.45) is 5.92 Å². The Morgan fingerprint density at radius 2 is 2.38 bits per heavy atom. The summed E-state index contributed by atoms with van der Waals surface area (Å²) in [6.45, 7) is 2.12. The quantitative estimate of drug-likeness (QED) is 0.875. The van der Waals surface area contributed by atoms with E-state index < -0.39 is 0 Å². The Morgan fingerprint density at radius 3 is 3.19 bits per heavy atom. The summed E-state index contributed by atoms with van der Waals surface area (Å²) in [6.07, 6.45) is 6.24. The summed E-state index contributed by atoms with van der Waals surface area (Å²) >= 11 is 1.77. The molecule has 2 aromatic rings. The van der Waals surface area contributed by atoms with Crippen LogP contribution >= 0.6 is 11.3 Å². The average Bonchev–Trinajstić information content (AvgIpc) is 2.68. The van der Waals surface area contributed by atoms with Crippen LogP contribution in [0.4, 0.5) is 0 Å². The molecule has 0 radical (unpaired) electrons. The molecule has 0 spiro atoms. The molecule has 16 heavy (non-hydrogen) atoms. The number of nitrogens with one attached hydrogen (secondary N) is 1. The second-order valence-corrected chi connectivity index (χ2v) is 5.52. The van der Waals surface area contributed by atoms with Crippen molar-refractivity contribution in [3.63, 3.8) is 0 Å². The number of aromatic nitrogens is 1. The highest BCUT2D eigenvalue weighted by molar-refractivity contribution is 7.17. The van der Waals surface area contributed by atoms with E-state index in [1.54, 1.807) is 11.3 Å². The lowest BCUT2D eigenvalue weighted by molar-refractivity contribution is 0.301. The van der Waals surface area contributed by atoms with Crippen LogP contribution in [0.1, 0.15) is 24.8 Å². The molecule has 2 aromatic heterocycles. The molecule has 0 amide bonds. The predicted molar refractivity (Wildman–Crippen MR) is 68.7 cm³/mol. The van der Waals surface area contributed by atoms with E-state index in [4.69, 9.17) is 0 Å². The maximum absolute atomic E-state index is 4.44. The molecular formula is C13H16N2S. The van der Waals surface area contributed by atoms with Gasteiger partial charge in [0.1, 0.15) is 0 Å². The molecular weight excluding hydrogens is 216 g/mol. The highest BCUT2D eigenvalue weighted by atomic mass is 32.1. The number of pyridine rings is 1. The van der Waals surface area contributed by atoms with Crippen molar-refractivity contribution < 1.29 is 0 Å². The molecule has 84 valence electrons. The van der Waals surface area contributed by atoms with Crippen LogP contribution in [-0.4, -0.2) is 11.5 Å². The van der Waals surface area contributed by atoms with Crippen molar-refractivity contribution in [2.45, 2.75) is 25.8 Å². The molecule has 0 unspecified atom stereocenters. The first kappa shape index (κ1) is 10.2. The third-order valence-electron chi connectivity index (χ3n) is 3.35. The summed E-state index contributed by atoms with van der Waals surface area (Å²) in [5.74, 6) is 0.929. The maximum Gasteiger partial charge on any atom is 0.0809 e. The zero-order valence-electron chi connectivity index (χ0n) is 9.28. The van der Waals surface area contributed by atoms with Crippen molar-refractivity contribution in [1.82, 2.24) is 10.3 Å². The molecule has 2 nitrogen and oxygen atoms in total. The van der Waals surface area contributed by atoms with E-state index >= 15 is 0 Å². The van der Waals surface area contributed by atoms with Gasteiger partial charge in [-0.05, 0) is 48.4 Å². The average molecular weight is 232 g/mol. The third-order valence-corrected chi connectivity index (χ3v) is 4.20. The minimum atomic E-state index is 0.929. The van der Waals surface area contributed by atoms with Gasteiger partial charge in [0.05, 0.1) is 10.2 Å². The standard InChI is InChI=1S/C13H16N2S/c1-2-10(3-1)7-14-8-11-6-13-12(15-9-11)4-5-16-13/h4-6,9-10,14H,1-3,7-8H2. The smallest absolute Gasteiger partial charge is 0.0809 e. The van der Waals surface area contributed by atoms with E-state index in [0.29, 0.717) is 0 Å². The van der Waals surface area contributed by atoms with E-state index in [0.717, 1.165) is 18.0 Å². The fraction of sp³-hybridized carbons (Fsp3) is 0.462. The van der Waals surface area contributed by atoms with Gasteiger partial charge in [-0.2, -0.15) is 0 Å². The molecule has 2 heterocycles. The number of hydrogen-bond acceptors (Lipinski definition) is 3. The molecule has 0 bridgehead atoms. The largest absolute Gasteiger partial charge is 0.312 e. The minimum Gasteiger partial charge on any atom is -0.312 e. The second kappa shape index (κ2) is 4.52. The summed E-state index contributed by atoms with van der Waals surface area (Å²) in [5.41, 5.74) is 2.42. The third kappa shape index (κ3) is 2.11. The van der Waals surface area contributed by atoms with Crippen LogP contribution in [0.2, 0.25) is 0 Å². The van der Waals surface area contributed by atoms with E-state index in [1.807, 2.05) is 6.20 Å². The molecule has 3 heteroatoms. The number of nitrogens with zero attached hydrogens (tertiary/aromatic N) is 1. The molecule has 3 rings (SSSR count). The zero-order valence-corrected chi connectivity index (χ0v) is 10.1. The molecule has 1 saturated carbocycles. The van der Waals surface area contributed by atoms with Gasteiger partial charge in [-0.25, -0.2) is 0 Å². The van der Waals surface area contributed by atoms with Gasteiger partial charge >= 0.3 is 0 Å². The highest BCUT2D eigenvalue weighted by Gasteiger charge is 2.16. The fourth-order valence-electron chi connectivity index (χ4n) is 2.10. The minimum absolute atomic E-state index is 0.929. The van der Waals surface area contributed by atoms with Gasteiger partial charge in [0.15, 0.2) is 0 Å². The van der Waals surface area contributed by atoms with Crippen LogP contribution in [0.5, 0.6) is 0 Å². The van der Waals surface area contributed by atoms with Gasteiger partial charge in [0.25, 0.3) is 0 Å². The monoisotopic (exact) mass is 232 g/mol. The first-order chi connectivity index (χ1) is 7.92. The normalized spacial score (nSPS) is 16.5. The van der Waals surface area contributed by atoms with E-state index in [1.165, 1.54) is 36.1 Å². The molecule has 0 aliphatic heterocycles. The van der Waals surface area contributed by atoms with Crippen molar-refractivity contribution in [3.05, 3.63) is 29.3 Å². The van der Waals surface area contributed by atoms with Crippen LogP contribution in [0.3, 0.4) is 0 Å². The van der Waals surface area contributed by atoms with Crippen LogP contribution in [-0.2, 0) is 6.54 Å². The second-order valence-electron chi connectivity index (χ2n) is 4.58. The van der Waals surface area contributed by atoms with Crippen LogP contribution in [0.25, 0.3) is 10.2 Å². The maximum atomic E-state index is 4.44. The Balaban J connectivity index is 1.60. The molecule has 0 aromatic carbocycles. The van der Waals surface area contributed by atoms with Gasteiger partial charge in [-0.3, -0.25) is 4.98 Å². The van der Waals surface area contributed by atoms with Crippen molar-refractivity contribution in [2.75, 3.05) is 6.54 Å². The fourth-order valence-corrected chi connectivity index (χ4v) is 2.91. The molecule has 1 aliphatic carbocycles. The lowest BCUT2D eigenvalue weighted by atomic mass is 9.85. The Morgan fingerprint density at radius 1 is 1.44 bits per heavy atom. The Hall–Kier alpha value is -0.930. The van der Waals surface area contributed by atoms with E-state index in [9.17, 15) is 0 Å². The lowest BCUT2D eigenvalue weighted by Crippen LogP contribution is -2.26. The molecule has 1 aliphatic rings. The summed E-state index contributed by atoms with van der Waals surface area (Å²) in [5, 5.41) is 5.63. The predicted octanol–water partition coefficient (Wildman–Crippen LogP) is 3.19. The van der Waals surface area contributed by atoms with Gasteiger partial charge < -0.3 is 5.32 Å². The summed E-state index contributed by atoms with van der Waals surface area (Å²) < 4.78 is 1.29. The Kier molecular flexibility index (Phi) is 2.89. The first-order valence-electron chi connectivity index (χ1n) is 5.95. The van der Waals surface area contributed by atoms with Crippen LogP contribution in [0, 0.1) is 5.92 Å². The Bertz CT molecular complexity index is 473. The van der Waals surface area contributed by atoms with E-state index in [-0.39, 0.29) is 0 Å². The number of thiophene rings is 1. The topological polar surface area (TPSA) is 24.9 Å². The van der Waals surface area contributed by atoms with Gasteiger partial charge in [-0.1, -0.05) is 6.42 Å². The van der Waals surface area contributed by atoms with Crippen molar-refractivity contribution >= 4 is 21.6 Å². The van der Waals surface area contributed by atoms with Gasteiger partial charge in [0, 0.05) is 12.7 Å².